The van der Waals surface area contributed by atoms with E-state index in [9.17, 15) is 0 Å². The maximum absolute atomic E-state index is 4.64. The molecule has 114 valence electrons. The molecule has 0 saturated carbocycles. The predicted octanol–water partition coefficient (Wildman–Crippen LogP) is 2.02. The van der Waals surface area contributed by atoms with Gasteiger partial charge in [-0.3, -0.25) is 0 Å². The highest BCUT2D eigenvalue weighted by molar-refractivity contribution is 5.46. The minimum absolute atomic E-state index is 0.742. The summed E-state index contributed by atoms with van der Waals surface area (Å²) in [5, 5.41) is 0. The molecule has 1 rings (SSSR count). The van der Waals surface area contributed by atoms with Crippen LogP contribution >= 0.6 is 0 Å². The van der Waals surface area contributed by atoms with E-state index >= 15 is 0 Å². The Labute approximate surface area is 122 Å². The van der Waals surface area contributed by atoms with Crippen LogP contribution in [-0.2, 0) is 0 Å². The van der Waals surface area contributed by atoms with Crippen molar-refractivity contribution in [2.24, 2.45) is 0 Å². The largest absolute Gasteiger partial charge is 0.344 e. The summed E-state index contributed by atoms with van der Waals surface area (Å²) in [6, 6.07) is 0. The van der Waals surface area contributed by atoms with Crippen LogP contribution in [0.5, 0.6) is 0 Å². The van der Waals surface area contributed by atoms with Crippen molar-refractivity contribution in [3.8, 4) is 0 Å². The van der Waals surface area contributed by atoms with E-state index in [-0.39, 0.29) is 0 Å². The van der Waals surface area contributed by atoms with Crippen molar-refractivity contribution in [2.75, 3.05) is 54.5 Å². The summed E-state index contributed by atoms with van der Waals surface area (Å²) in [6.45, 7) is 15.0. The van der Waals surface area contributed by atoms with Crippen LogP contribution in [0.25, 0.3) is 0 Å². The van der Waals surface area contributed by atoms with Gasteiger partial charge in [-0.15, -0.1) is 0 Å². The average Bonchev–Trinajstić information content (AvgIpc) is 2.49. The van der Waals surface area contributed by atoms with E-state index in [4.69, 9.17) is 0 Å². The Bertz CT molecular complexity index is 370. The van der Waals surface area contributed by atoms with Crippen molar-refractivity contribution in [3.63, 3.8) is 0 Å². The fourth-order valence-electron chi connectivity index (χ4n) is 1.95. The Morgan fingerprint density at radius 2 is 0.950 bits per heavy atom. The zero-order valence-corrected chi connectivity index (χ0v) is 13.7. The third kappa shape index (κ3) is 3.71. The average molecular weight is 280 g/mol. The summed E-state index contributed by atoms with van der Waals surface area (Å²) in [4.78, 5) is 20.2. The topological polar surface area (TPSA) is 48.4 Å². The highest BCUT2D eigenvalue weighted by Gasteiger charge is 2.15. The van der Waals surface area contributed by atoms with Gasteiger partial charge in [0.15, 0.2) is 0 Å². The third-order valence-corrected chi connectivity index (χ3v) is 3.51. The maximum atomic E-state index is 4.64. The molecule has 0 radical (unpaired) electrons. The lowest BCUT2D eigenvalue weighted by molar-refractivity contribution is 0.764. The van der Waals surface area contributed by atoms with Gasteiger partial charge in [0.2, 0.25) is 17.8 Å². The molecule has 1 heterocycles. The molecule has 0 aliphatic rings. The van der Waals surface area contributed by atoms with Gasteiger partial charge >= 0.3 is 0 Å². The molecule has 0 spiro atoms. The molecule has 0 unspecified atom stereocenters. The van der Waals surface area contributed by atoms with E-state index in [2.05, 4.69) is 59.4 Å². The van der Waals surface area contributed by atoms with E-state index < -0.39 is 0 Å². The first-order valence-electron chi connectivity index (χ1n) is 7.58. The summed E-state index contributed by atoms with van der Waals surface area (Å²) < 4.78 is 0. The minimum atomic E-state index is 0.742. The van der Waals surface area contributed by atoms with Crippen LogP contribution in [-0.4, -0.2) is 54.7 Å². The number of nitrogens with zero attached hydrogens (tertiary/aromatic N) is 6. The van der Waals surface area contributed by atoms with Crippen molar-refractivity contribution >= 4 is 17.8 Å². The lowest BCUT2D eigenvalue weighted by atomic mass is 10.5. The molecular formula is C14H28N6. The molecule has 0 aliphatic heterocycles. The van der Waals surface area contributed by atoms with Crippen LogP contribution in [0.2, 0.25) is 0 Å². The molecule has 0 aromatic carbocycles. The molecule has 0 amide bonds. The van der Waals surface area contributed by atoms with Gasteiger partial charge in [0.25, 0.3) is 0 Å². The lowest BCUT2D eigenvalue weighted by Crippen LogP contribution is -2.30. The van der Waals surface area contributed by atoms with Crippen LogP contribution in [0.1, 0.15) is 34.6 Å². The van der Waals surface area contributed by atoms with E-state index in [0.29, 0.717) is 0 Å². The van der Waals surface area contributed by atoms with Gasteiger partial charge in [0.05, 0.1) is 0 Å². The van der Waals surface area contributed by atoms with Gasteiger partial charge in [-0.2, -0.15) is 15.0 Å². The SMILES string of the molecule is CCN(C)c1nc(N(CC)CC)nc(N(CC)CC)n1. The number of anilines is 3. The molecule has 1 aromatic heterocycles. The van der Waals surface area contributed by atoms with Gasteiger partial charge in [0.1, 0.15) is 0 Å². The van der Waals surface area contributed by atoms with Gasteiger partial charge in [-0.25, -0.2) is 0 Å². The van der Waals surface area contributed by atoms with Gasteiger partial charge in [-0.1, -0.05) is 0 Å². The molecule has 6 nitrogen and oxygen atoms in total. The van der Waals surface area contributed by atoms with Crippen LogP contribution in [0.3, 0.4) is 0 Å². The second-order valence-corrected chi connectivity index (χ2v) is 4.59. The van der Waals surface area contributed by atoms with Gasteiger partial charge < -0.3 is 14.7 Å². The first-order chi connectivity index (χ1) is 9.60. The van der Waals surface area contributed by atoms with E-state index in [0.717, 1.165) is 50.6 Å². The Morgan fingerprint density at radius 1 is 0.600 bits per heavy atom. The summed E-state index contributed by atoms with van der Waals surface area (Å²) in [7, 11) is 2.01. The first kappa shape index (κ1) is 16.5. The zero-order chi connectivity index (χ0) is 15.1. The third-order valence-electron chi connectivity index (χ3n) is 3.51. The quantitative estimate of drug-likeness (QED) is 0.726. The second kappa shape index (κ2) is 7.87. The van der Waals surface area contributed by atoms with Crippen molar-refractivity contribution in [2.45, 2.75) is 34.6 Å². The number of aromatic nitrogens is 3. The van der Waals surface area contributed by atoms with Crippen molar-refractivity contribution in [1.82, 2.24) is 15.0 Å². The summed E-state index contributed by atoms with van der Waals surface area (Å²) in [6.07, 6.45) is 0. The summed E-state index contributed by atoms with van der Waals surface area (Å²) in [5.74, 6) is 2.27. The molecule has 0 saturated heterocycles. The molecule has 20 heavy (non-hydrogen) atoms. The minimum Gasteiger partial charge on any atom is -0.344 e. The first-order valence-corrected chi connectivity index (χ1v) is 7.58. The predicted molar refractivity (Wildman–Crippen MR) is 85.9 cm³/mol. The van der Waals surface area contributed by atoms with Gasteiger partial charge in [-0.05, 0) is 34.6 Å². The van der Waals surface area contributed by atoms with E-state index in [1.165, 1.54) is 0 Å². The number of hydrogen-bond donors (Lipinski definition) is 0. The Kier molecular flexibility index (Phi) is 6.48. The standard InChI is InChI=1S/C14H28N6/c1-7-18(6)12-15-13(19(8-2)9-3)17-14(16-12)20(10-4)11-5/h7-11H2,1-6H3. The lowest BCUT2D eigenvalue weighted by Gasteiger charge is -2.25. The highest BCUT2D eigenvalue weighted by Crippen LogP contribution is 2.18. The van der Waals surface area contributed by atoms with E-state index in [1.807, 2.05) is 11.9 Å². The maximum Gasteiger partial charge on any atom is 0.231 e. The highest BCUT2D eigenvalue weighted by atomic mass is 15.4. The van der Waals surface area contributed by atoms with Crippen LogP contribution in [0, 0.1) is 0 Å². The zero-order valence-electron chi connectivity index (χ0n) is 13.7. The molecule has 0 N–H and O–H groups in total. The smallest absolute Gasteiger partial charge is 0.231 e. The van der Waals surface area contributed by atoms with Crippen molar-refractivity contribution < 1.29 is 0 Å². The van der Waals surface area contributed by atoms with Crippen molar-refractivity contribution in [1.29, 1.82) is 0 Å². The Balaban J connectivity index is 3.26. The molecule has 0 atom stereocenters. The monoisotopic (exact) mass is 280 g/mol. The molecular weight excluding hydrogens is 252 g/mol. The van der Waals surface area contributed by atoms with Crippen molar-refractivity contribution in [3.05, 3.63) is 0 Å². The molecule has 6 heteroatoms. The van der Waals surface area contributed by atoms with Crippen LogP contribution in [0.15, 0.2) is 0 Å². The molecule has 0 fully saturated rings. The fraction of sp³-hybridized carbons (Fsp3) is 0.786. The van der Waals surface area contributed by atoms with Gasteiger partial charge in [0, 0.05) is 39.8 Å². The van der Waals surface area contributed by atoms with Crippen LogP contribution < -0.4 is 14.7 Å². The molecule has 0 bridgehead atoms. The summed E-state index contributed by atoms with van der Waals surface area (Å²) in [5.41, 5.74) is 0. The number of rotatable bonds is 8. The Hall–Kier alpha value is -1.59. The summed E-state index contributed by atoms with van der Waals surface area (Å²) >= 11 is 0. The number of hydrogen-bond acceptors (Lipinski definition) is 6. The normalized spacial score (nSPS) is 10.5. The fourth-order valence-corrected chi connectivity index (χ4v) is 1.95. The molecule has 1 aromatic rings. The van der Waals surface area contributed by atoms with E-state index in [1.54, 1.807) is 0 Å². The Morgan fingerprint density at radius 3 is 1.25 bits per heavy atom. The second-order valence-electron chi connectivity index (χ2n) is 4.59. The molecule has 0 aliphatic carbocycles. The van der Waals surface area contributed by atoms with Crippen LogP contribution in [0.4, 0.5) is 17.8 Å².